The van der Waals surface area contributed by atoms with E-state index >= 15 is 0 Å². The molecule has 0 aromatic carbocycles. The van der Waals surface area contributed by atoms with Crippen molar-refractivity contribution in [1.82, 2.24) is 0 Å². The van der Waals surface area contributed by atoms with Crippen LogP contribution in [0.15, 0.2) is 11.5 Å². The fourth-order valence-corrected chi connectivity index (χ4v) is 2.59. The molecule has 0 spiro atoms. The fourth-order valence-electron chi connectivity index (χ4n) is 1.59. The Bertz CT molecular complexity index is 263. The van der Waals surface area contributed by atoms with Crippen molar-refractivity contribution in [3.05, 3.63) is 11.5 Å². The summed E-state index contributed by atoms with van der Waals surface area (Å²) in [5, 5.41) is 1.36. The van der Waals surface area contributed by atoms with Crippen LogP contribution in [0.5, 0.6) is 0 Å². The second-order valence-electron chi connectivity index (χ2n) is 3.50. The van der Waals surface area contributed by atoms with Gasteiger partial charge in [-0.1, -0.05) is 41.3 Å². The Kier molecular flexibility index (Phi) is 4.46. The van der Waals surface area contributed by atoms with Crippen LogP contribution < -0.4 is 0 Å². The standard InChI is InChI=1S/C9H15BrO2S/c10-8-13(11,12)7-6-9-4-2-1-3-5-9/h6-7,9H,1-5,8H2/b7-6+. The molecule has 1 fully saturated rings. The molecule has 0 aromatic rings. The molecular formula is C9H15BrO2S. The van der Waals surface area contributed by atoms with E-state index in [4.69, 9.17) is 0 Å². The van der Waals surface area contributed by atoms with Crippen molar-refractivity contribution in [3.8, 4) is 0 Å². The summed E-state index contributed by atoms with van der Waals surface area (Å²) in [4.78, 5) is 0. The zero-order chi connectivity index (χ0) is 9.73. The highest BCUT2D eigenvalue weighted by molar-refractivity contribution is 9.10. The van der Waals surface area contributed by atoms with Gasteiger partial charge in [0.05, 0.1) is 0 Å². The lowest BCUT2D eigenvalue weighted by atomic mass is 9.90. The van der Waals surface area contributed by atoms with Crippen LogP contribution in [0, 0.1) is 5.92 Å². The molecule has 0 N–H and O–H groups in total. The monoisotopic (exact) mass is 266 g/mol. The van der Waals surface area contributed by atoms with E-state index in [-0.39, 0.29) is 4.66 Å². The van der Waals surface area contributed by atoms with Gasteiger partial charge in [0.1, 0.15) is 4.66 Å². The third-order valence-corrected chi connectivity index (χ3v) is 5.15. The van der Waals surface area contributed by atoms with Crippen molar-refractivity contribution < 1.29 is 8.42 Å². The highest BCUT2D eigenvalue weighted by Crippen LogP contribution is 2.24. The second kappa shape index (κ2) is 5.15. The molecule has 0 radical (unpaired) electrons. The molecule has 1 aliphatic carbocycles. The van der Waals surface area contributed by atoms with Gasteiger partial charge < -0.3 is 0 Å². The van der Waals surface area contributed by atoms with Crippen molar-refractivity contribution in [2.45, 2.75) is 32.1 Å². The maximum Gasteiger partial charge on any atom is 0.181 e. The number of allylic oxidation sites excluding steroid dienone is 1. The minimum Gasteiger partial charge on any atom is -0.223 e. The number of hydrogen-bond donors (Lipinski definition) is 0. The SMILES string of the molecule is O=S(=O)(/C=C/C1CCCCC1)CBr. The molecule has 0 heterocycles. The van der Waals surface area contributed by atoms with Gasteiger partial charge in [0.2, 0.25) is 0 Å². The molecule has 2 nitrogen and oxygen atoms in total. The van der Waals surface area contributed by atoms with Gasteiger partial charge in [-0.3, -0.25) is 0 Å². The van der Waals surface area contributed by atoms with E-state index in [0.717, 1.165) is 12.8 Å². The smallest absolute Gasteiger partial charge is 0.181 e. The number of halogens is 1. The minimum absolute atomic E-state index is 0.0310. The lowest BCUT2D eigenvalue weighted by Crippen LogP contribution is -2.04. The maximum absolute atomic E-state index is 11.1. The van der Waals surface area contributed by atoms with Crippen LogP contribution in [-0.2, 0) is 9.84 Å². The van der Waals surface area contributed by atoms with Gasteiger partial charge in [-0.2, -0.15) is 0 Å². The van der Waals surface area contributed by atoms with Crippen LogP contribution in [0.2, 0.25) is 0 Å². The van der Waals surface area contributed by atoms with E-state index in [0.29, 0.717) is 5.92 Å². The largest absolute Gasteiger partial charge is 0.223 e. The van der Waals surface area contributed by atoms with Crippen LogP contribution in [0.3, 0.4) is 0 Å². The number of sulfone groups is 1. The van der Waals surface area contributed by atoms with Gasteiger partial charge >= 0.3 is 0 Å². The zero-order valence-corrected chi connectivity index (χ0v) is 9.98. The summed E-state index contributed by atoms with van der Waals surface area (Å²) < 4.78 is 22.2. The van der Waals surface area contributed by atoms with Gasteiger partial charge in [0.25, 0.3) is 0 Å². The Morgan fingerprint density at radius 2 is 1.85 bits per heavy atom. The van der Waals surface area contributed by atoms with E-state index in [1.165, 1.54) is 24.7 Å². The van der Waals surface area contributed by atoms with Crippen molar-refractivity contribution in [3.63, 3.8) is 0 Å². The van der Waals surface area contributed by atoms with Crippen molar-refractivity contribution in [1.29, 1.82) is 0 Å². The van der Waals surface area contributed by atoms with Crippen LogP contribution in [0.1, 0.15) is 32.1 Å². The first-order valence-electron chi connectivity index (χ1n) is 4.61. The summed E-state index contributed by atoms with van der Waals surface area (Å²) >= 11 is 2.96. The highest BCUT2D eigenvalue weighted by Gasteiger charge is 2.11. The van der Waals surface area contributed by atoms with Crippen LogP contribution in [0.25, 0.3) is 0 Å². The first-order valence-corrected chi connectivity index (χ1v) is 7.45. The number of hydrogen-bond acceptors (Lipinski definition) is 2. The van der Waals surface area contributed by atoms with E-state index in [9.17, 15) is 8.42 Å². The molecule has 13 heavy (non-hydrogen) atoms. The first-order chi connectivity index (χ1) is 6.14. The Morgan fingerprint density at radius 3 is 2.38 bits per heavy atom. The lowest BCUT2D eigenvalue weighted by Gasteiger charge is -2.17. The molecule has 1 aliphatic rings. The lowest BCUT2D eigenvalue weighted by molar-refractivity contribution is 0.419. The van der Waals surface area contributed by atoms with Gasteiger partial charge in [0, 0.05) is 5.41 Å². The zero-order valence-electron chi connectivity index (χ0n) is 7.58. The molecule has 0 bridgehead atoms. The molecule has 76 valence electrons. The van der Waals surface area contributed by atoms with Gasteiger partial charge in [-0.15, -0.1) is 0 Å². The third kappa shape index (κ3) is 4.27. The molecule has 0 aliphatic heterocycles. The Balaban J connectivity index is 2.47. The molecule has 0 aromatic heterocycles. The molecule has 1 saturated carbocycles. The van der Waals surface area contributed by atoms with E-state index in [1.54, 1.807) is 0 Å². The summed E-state index contributed by atoms with van der Waals surface area (Å²) in [5.41, 5.74) is 0. The Morgan fingerprint density at radius 1 is 1.23 bits per heavy atom. The predicted octanol–water partition coefficient (Wildman–Crippen LogP) is 2.85. The van der Waals surface area contributed by atoms with Gasteiger partial charge in [0.15, 0.2) is 9.84 Å². The van der Waals surface area contributed by atoms with E-state index < -0.39 is 9.84 Å². The predicted molar refractivity (Wildman–Crippen MR) is 58.4 cm³/mol. The average molecular weight is 267 g/mol. The number of rotatable bonds is 3. The van der Waals surface area contributed by atoms with Crippen LogP contribution in [-0.4, -0.2) is 13.1 Å². The van der Waals surface area contributed by atoms with E-state index in [1.807, 2.05) is 6.08 Å². The quantitative estimate of drug-likeness (QED) is 0.737. The van der Waals surface area contributed by atoms with Crippen molar-refractivity contribution in [2.75, 3.05) is 4.66 Å². The molecular weight excluding hydrogens is 252 g/mol. The van der Waals surface area contributed by atoms with Crippen molar-refractivity contribution >= 4 is 25.8 Å². The summed E-state index contributed by atoms with van der Waals surface area (Å²) in [7, 11) is -2.98. The Labute approximate surface area is 88.5 Å². The summed E-state index contributed by atoms with van der Waals surface area (Å²) in [6, 6.07) is 0. The number of alkyl halides is 1. The second-order valence-corrected chi connectivity index (χ2v) is 6.69. The van der Waals surface area contributed by atoms with E-state index in [2.05, 4.69) is 15.9 Å². The molecule has 0 unspecified atom stereocenters. The average Bonchev–Trinajstić information content (AvgIpc) is 2.17. The molecule has 4 heteroatoms. The molecule has 1 rings (SSSR count). The van der Waals surface area contributed by atoms with Crippen molar-refractivity contribution in [2.24, 2.45) is 5.92 Å². The molecule has 0 amide bonds. The van der Waals surface area contributed by atoms with Gasteiger partial charge in [-0.25, -0.2) is 8.42 Å². The highest BCUT2D eigenvalue weighted by atomic mass is 79.9. The third-order valence-electron chi connectivity index (χ3n) is 2.36. The summed E-state index contributed by atoms with van der Waals surface area (Å²) in [6.07, 6.45) is 7.93. The normalized spacial score (nSPS) is 21.0. The van der Waals surface area contributed by atoms with Crippen LogP contribution >= 0.6 is 15.9 Å². The first kappa shape index (κ1) is 11.2. The molecule has 0 atom stereocenters. The van der Waals surface area contributed by atoms with Gasteiger partial charge in [-0.05, 0) is 18.8 Å². The minimum atomic E-state index is -2.98. The maximum atomic E-state index is 11.1. The topological polar surface area (TPSA) is 34.1 Å². The Hall–Kier alpha value is 0.170. The fraction of sp³-hybridized carbons (Fsp3) is 0.778. The van der Waals surface area contributed by atoms with Crippen LogP contribution in [0.4, 0.5) is 0 Å². The summed E-state index contributed by atoms with van der Waals surface area (Å²) in [6.45, 7) is 0. The molecule has 0 saturated heterocycles. The summed E-state index contributed by atoms with van der Waals surface area (Å²) in [5.74, 6) is 0.488.